The summed E-state index contributed by atoms with van der Waals surface area (Å²) >= 11 is 0. The fourth-order valence-electron chi connectivity index (χ4n) is 1.96. The van der Waals surface area contributed by atoms with Crippen molar-refractivity contribution >= 4 is 6.09 Å². The van der Waals surface area contributed by atoms with Gasteiger partial charge in [-0.3, -0.25) is 4.68 Å². The van der Waals surface area contributed by atoms with Crippen LogP contribution in [-0.2, 0) is 7.05 Å². The molecule has 0 aromatic carbocycles. The zero-order valence-electron chi connectivity index (χ0n) is 8.97. The van der Waals surface area contributed by atoms with Gasteiger partial charge < -0.3 is 10.0 Å². The molecule has 1 N–H and O–H groups in total. The number of carboxylic acid groups (broad SMARTS) is 1. The molecule has 1 atom stereocenters. The maximum Gasteiger partial charge on any atom is 0.407 e. The Kier molecular flexibility index (Phi) is 2.38. The van der Waals surface area contributed by atoms with Gasteiger partial charge in [-0.25, -0.2) is 4.79 Å². The molecule has 1 aliphatic rings. The van der Waals surface area contributed by atoms with Crippen molar-refractivity contribution < 1.29 is 9.90 Å². The van der Waals surface area contributed by atoms with Crippen molar-refractivity contribution in [2.45, 2.75) is 19.3 Å². The first kappa shape index (κ1) is 10.0. The van der Waals surface area contributed by atoms with Crippen molar-refractivity contribution in [3.63, 3.8) is 0 Å². The lowest BCUT2D eigenvalue weighted by Gasteiger charge is -2.10. The van der Waals surface area contributed by atoms with Crippen LogP contribution in [0.4, 0.5) is 4.79 Å². The van der Waals surface area contributed by atoms with E-state index in [1.165, 1.54) is 4.90 Å². The van der Waals surface area contributed by atoms with E-state index in [1.807, 2.05) is 24.7 Å². The van der Waals surface area contributed by atoms with Crippen LogP contribution < -0.4 is 0 Å². The smallest absolute Gasteiger partial charge is 0.407 e. The molecule has 1 aliphatic heterocycles. The molecule has 1 fully saturated rings. The lowest BCUT2D eigenvalue weighted by Crippen LogP contribution is -2.26. The van der Waals surface area contributed by atoms with Gasteiger partial charge in [0.25, 0.3) is 0 Å². The Balaban J connectivity index is 2.11. The van der Waals surface area contributed by atoms with Gasteiger partial charge in [0, 0.05) is 31.7 Å². The minimum atomic E-state index is -0.829. The number of hydrogen-bond acceptors (Lipinski definition) is 2. The molecule has 2 heterocycles. The minimum absolute atomic E-state index is 0.265. The lowest BCUT2D eigenvalue weighted by atomic mass is 10.1. The zero-order valence-corrected chi connectivity index (χ0v) is 8.97. The Morgan fingerprint density at radius 1 is 1.67 bits per heavy atom. The first-order chi connectivity index (χ1) is 7.08. The molecule has 5 heteroatoms. The van der Waals surface area contributed by atoms with Crippen molar-refractivity contribution in [1.82, 2.24) is 14.7 Å². The Labute approximate surface area is 88.3 Å². The van der Waals surface area contributed by atoms with E-state index < -0.39 is 6.09 Å². The summed E-state index contributed by atoms with van der Waals surface area (Å²) in [6, 6.07) is 2.04. The third-order valence-corrected chi connectivity index (χ3v) is 3.01. The predicted octanol–water partition coefficient (Wildman–Crippen LogP) is 1.20. The molecule has 2 rings (SSSR count). The molecule has 1 unspecified atom stereocenters. The highest BCUT2D eigenvalue weighted by atomic mass is 16.4. The van der Waals surface area contributed by atoms with Crippen LogP contribution in [0.1, 0.15) is 23.7 Å². The van der Waals surface area contributed by atoms with Gasteiger partial charge >= 0.3 is 6.09 Å². The standard InChI is InChI=1S/C10H15N3O2/c1-7-5-9(11-12(7)2)8-3-4-13(6-8)10(14)15/h5,8H,3-4,6H2,1-2H3,(H,14,15). The van der Waals surface area contributed by atoms with Gasteiger partial charge in [0.1, 0.15) is 0 Å². The summed E-state index contributed by atoms with van der Waals surface area (Å²) in [6.45, 7) is 3.20. The van der Waals surface area contributed by atoms with Gasteiger partial charge in [-0.1, -0.05) is 0 Å². The Morgan fingerprint density at radius 2 is 2.40 bits per heavy atom. The summed E-state index contributed by atoms with van der Waals surface area (Å²) in [5.74, 6) is 0.265. The van der Waals surface area contributed by atoms with Gasteiger partial charge in [0.15, 0.2) is 0 Å². The maximum atomic E-state index is 10.8. The fourth-order valence-corrected chi connectivity index (χ4v) is 1.96. The van der Waals surface area contributed by atoms with Gasteiger partial charge in [-0.05, 0) is 19.4 Å². The maximum absolute atomic E-state index is 10.8. The SMILES string of the molecule is Cc1cc(C2CCN(C(=O)O)C2)nn1C. The van der Waals surface area contributed by atoms with Crippen LogP contribution in [0.5, 0.6) is 0 Å². The molecule has 15 heavy (non-hydrogen) atoms. The summed E-state index contributed by atoms with van der Waals surface area (Å²) in [5.41, 5.74) is 2.12. The molecule has 1 aromatic rings. The largest absolute Gasteiger partial charge is 0.465 e. The quantitative estimate of drug-likeness (QED) is 0.756. The number of carbonyl (C=O) groups is 1. The molecule has 0 radical (unpaired) electrons. The van der Waals surface area contributed by atoms with Crippen LogP contribution in [0.25, 0.3) is 0 Å². The second-order valence-electron chi connectivity index (χ2n) is 4.05. The highest BCUT2D eigenvalue weighted by Crippen LogP contribution is 2.26. The summed E-state index contributed by atoms with van der Waals surface area (Å²) in [4.78, 5) is 12.2. The van der Waals surface area contributed by atoms with E-state index in [1.54, 1.807) is 0 Å². The van der Waals surface area contributed by atoms with E-state index >= 15 is 0 Å². The normalized spacial score (nSPS) is 20.9. The van der Waals surface area contributed by atoms with Crippen molar-refractivity contribution in [3.05, 3.63) is 17.5 Å². The van der Waals surface area contributed by atoms with Crippen LogP contribution in [-0.4, -0.2) is 39.0 Å². The predicted molar refractivity (Wildman–Crippen MR) is 54.9 cm³/mol. The molecule has 1 amide bonds. The first-order valence-electron chi connectivity index (χ1n) is 5.06. The second-order valence-corrected chi connectivity index (χ2v) is 4.05. The van der Waals surface area contributed by atoms with E-state index in [2.05, 4.69) is 5.10 Å². The van der Waals surface area contributed by atoms with E-state index in [-0.39, 0.29) is 5.92 Å². The molecule has 0 bridgehead atoms. The average molecular weight is 209 g/mol. The molecule has 0 aliphatic carbocycles. The van der Waals surface area contributed by atoms with E-state index in [0.29, 0.717) is 13.1 Å². The van der Waals surface area contributed by atoms with Crippen molar-refractivity contribution in [2.75, 3.05) is 13.1 Å². The molecule has 1 aromatic heterocycles. The number of aromatic nitrogens is 2. The van der Waals surface area contributed by atoms with Gasteiger partial charge in [-0.15, -0.1) is 0 Å². The van der Waals surface area contributed by atoms with E-state index in [4.69, 9.17) is 5.11 Å². The number of hydrogen-bond donors (Lipinski definition) is 1. The van der Waals surface area contributed by atoms with Crippen LogP contribution in [0.3, 0.4) is 0 Å². The van der Waals surface area contributed by atoms with Crippen LogP contribution in [0, 0.1) is 6.92 Å². The summed E-state index contributed by atoms with van der Waals surface area (Å²) in [5, 5.41) is 13.2. The van der Waals surface area contributed by atoms with E-state index in [0.717, 1.165) is 17.8 Å². The molecule has 5 nitrogen and oxygen atoms in total. The fraction of sp³-hybridized carbons (Fsp3) is 0.600. The highest BCUT2D eigenvalue weighted by molar-refractivity contribution is 5.65. The molecule has 1 saturated heterocycles. The van der Waals surface area contributed by atoms with Gasteiger partial charge in [0.05, 0.1) is 5.69 Å². The Morgan fingerprint density at radius 3 is 2.87 bits per heavy atom. The second kappa shape index (κ2) is 3.56. The molecular weight excluding hydrogens is 194 g/mol. The van der Waals surface area contributed by atoms with Crippen LogP contribution in [0.2, 0.25) is 0 Å². The van der Waals surface area contributed by atoms with Crippen molar-refractivity contribution in [1.29, 1.82) is 0 Å². The van der Waals surface area contributed by atoms with Crippen molar-refractivity contribution in [3.8, 4) is 0 Å². The topological polar surface area (TPSA) is 58.4 Å². The van der Waals surface area contributed by atoms with Crippen molar-refractivity contribution in [2.24, 2.45) is 7.05 Å². The Hall–Kier alpha value is -1.52. The monoisotopic (exact) mass is 209 g/mol. The molecule has 0 spiro atoms. The molecule has 0 saturated carbocycles. The highest BCUT2D eigenvalue weighted by Gasteiger charge is 2.28. The van der Waals surface area contributed by atoms with Gasteiger partial charge in [0.2, 0.25) is 0 Å². The third kappa shape index (κ3) is 1.82. The van der Waals surface area contributed by atoms with Crippen LogP contribution >= 0.6 is 0 Å². The number of likely N-dealkylation sites (tertiary alicyclic amines) is 1. The van der Waals surface area contributed by atoms with E-state index in [9.17, 15) is 4.79 Å². The lowest BCUT2D eigenvalue weighted by molar-refractivity contribution is 0.155. The Bertz CT molecular complexity index is 367. The number of aryl methyl sites for hydroxylation is 2. The summed E-state index contributed by atoms with van der Waals surface area (Å²) in [7, 11) is 1.91. The number of rotatable bonds is 1. The number of amides is 1. The third-order valence-electron chi connectivity index (χ3n) is 3.01. The average Bonchev–Trinajstić information content (AvgIpc) is 2.74. The van der Waals surface area contributed by atoms with Crippen LogP contribution in [0.15, 0.2) is 6.07 Å². The minimum Gasteiger partial charge on any atom is -0.465 e. The van der Waals surface area contributed by atoms with Gasteiger partial charge in [-0.2, -0.15) is 5.10 Å². The molecule has 82 valence electrons. The number of nitrogens with zero attached hydrogens (tertiary/aromatic N) is 3. The summed E-state index contributed by atoms with van der Waals surface area (Å²) < 4.78 is 1.83. The molecular formula is C10H15N3O2. The first-order valence-corrected chi connectivity index (χ1v) is 5.06. The zero-order chi connectivity index (χ0) is 11.0. The summed E-state index contributed by atoms with van der Waals surface area (Å²) in [6.07, 6.45) is 0.0492.